The first-order valence-corrected chi connectivity index (χ1v) is 7.50. The number of furan rings is 1. The van der Waals surface area contributed by atoms with Crippen LogP contribution in [0.1, 0.15) is 16.1 Å². The van der Waals surface area contributed by atoms with Crippen LogP contribution in [0.4, 0.5) is 11.4 Å². The number of primary amides is 1. The molecule has 1 heterocycles. The normalized spacial score (nSPS) is 10.9. The van der Waals surface area contributed by atoms with Gasteiger partial charge in [-0.05, 0) is 23.8 Å². The number of benzene rings is 2. The maximum atomic E-state index is 12.2. The summed E-state index contributed by atoms with van der Waals surface area (Å²) in [6, 6.07) is 12.6. The average Bonchev–Trinajstić information content (AvgIpc) is 2.99. The molecule has 3 N–H and O–H groups in total. The average molecular weight is 351 g/mol. The number of amides is 2. The van der Waals surface area contributed by atoms with Crippen LogP contribution in [-0.4, -0.2) is 16.7 Å². The summed E-state index contributed by atoms with van der Waals surface area (Å²) < 4.78 is 5.38. The predicted molar refractivity (Wildman–Crippen MR) is 95.5 cm³/mol. The van der Waals surface area contributed by atoms with Crippen LogP contribution in [0.25, 0.3) is 17.0 Å². The Morgan fingerprint density at radius 2 is 1.92 bits per heavy atom. The Bertz CT molecular complexity index is 1050. The number of carbonyl (C=O) groups excluding carboxylic acids is 2. The molecule has 0 aliphatic carbocycles. The number of nitro groups is 1. The van der Waals surface area contributed by atoms with Crippen molar-refractivity contribution in [3.8, 4) is 0 Å². The van der Waals surface area contributed by atoms with Crippen molar-refractivity contribution >= 4 is 40.2 Å². The standard InChI is InChI=1S/C18H13N3O5/c19-18(23)17-16(13-6-1-2-7-14(13)26-17)20-15(22)9-8-11-4-3-5-12(10-11)21(24)25/h1-10H,(H2,19,23)(H,20,22). The summed E-state index contributed by atoms with van der Waals surface area (Å²) in [4.78, 5) is 34.0. The number of rotatable bonds is 5. The van der Waals surface area contributed by atoms with Gasteiger partial charge in [0.15, 0.2) is 0 Å². The van der Waals surface area contributed by atoms with E-state index in [-0.39, 0.29) is 17.1 Å². The number of carbonyl (C=O) groups is 2. The summed E-state index contributed by atoms with van der Waals surface area (Å²) in [5.74, 6) is -1.49. The molecule has 0 bridgehead atoms. The molecule has 2 amide bonds. The molecule has 0 saturated carbocycles. The molecule has 0 radical (unpaired) electrons. The van der Waals surface area contributed by atoms with Crippen molar-refractivity contribution in [3.63, 3.8) is 0 Å². The highest BCUT2D eigenvalue weighted by Gasteiger charge is 2.19. The predicted octanol–water partition coefficient (Wildman–Crippen LogP) is 3.09. The molecule has 8 heteroatoms. The quantitative estimate of drug-likeness (QED) is 0.414. The van der Waals surface area contributed by atoms with Gasteiger partial charge in [0.05, 0.1) is 4.92 Å². The maximum Gasteiger partial charge on any atom is 0.286 e. The lowest BCUT2D eigenvalue weighted by atomic mass is 10.2. The molecular formula is C18H13N3O5. The largest absolute Gasteiger partial charge is 0.449 e. The number of para-hydroxylation sites is 1. The van der Waals surface area contributed by atoms with Crippen LogP contribution < -0.4 is 11.1 Å². The molecular weight excluding hydrogens is 338 g/mol. The van der Waals surface area contributed by atoms with Crippen molar-refractivity contribution in [2.45, 2.75) is 0 Å². The summed E-state index contributed by atoms with van der Waals surface area (Å²) in [7, 11) is 0. The lowest BCUT2D eigenvalue weighted by Gasteiger charge is -2.01. The number of nitrogens with one attached hydrogen (secondary N) is 1. The third-order valence-electron chi connectivity index (χ3n) is 3.58. The second-order valence-electron chi connectivity index (χ2n) is 5.34. The fourth-order valence-electron chi connectivity index (χ4n) is 2.42. The Balaban J connectivity index is 1.85. The van der Waals surface area contributed by atoms with Crippen LogP contribution in [0.5, 0.6) is 0 Å². The Kier molecular flexibility index (Phi) is 4.48. The third kappa shape index (κ3) is 3.44. The minimum atomic E-state index is -0.806. The van der Waals surface area contributed by atoms with Gasteiger partial charge in [0.1, 0.15) is 11.3 Å². The van der Waals surface area contributed by atoms with E-state index in [4.69, 9.17) is 10.2 Å². The van der Waals surface area contributed by atoms with Crippen molar-refractivity contribution in [1.82, 2.24) is 0 Å². The van der Waals surface area contributed by atoms with Gasteiger partial charge in [-0.25, -0.2) is 0 Å². The molecule has 0 fully saturated rings. The molecule has 0 aliphatic rings. The number of anilines is 1. The van der Waals surface area contributed by atoms with Gasteiger partial charge in [-0.15, -0.1) is 0 Å². The highest BCUT2D eigenvalue weighted by molar-refractivity contribution is 6.13. The van der Waals surface area contributed by atoms with E-state index in [1.54, 1.807) is 30.3 Å². The summed E-state index contributed by atoms with van der Waals surface area (Å²) in [6.45, 7) is 0. The Hall–Kier alpha value is -3.94. The first kappa shape index (κ1) is 16.9. The minimum Gasteiger partial charge on any atom is -0.449 e. The number of fused-ring (bicyclic) bond motifs is 1. The number of hydrogen-bond acceptors (Lipinski definition) is 5. The summed E-state index contributed by atoms with van der Waals surface area (Å²) >= 11 is 0. The summed E-state index contributed by atoms with van der Waals surface area (Å²) in [6.07, 6.45) is 2.63. The number of hydrogen-bond donors (Lipinski definition) is 2. The van der Waals surface area contributed by atoms with Crippen molar-refractivity contribution < 1.29 is 18.9 Å². The van der Waals surface area contributed by atoms with E-state index in [9.17, 15) is 19.7 Å². The number of non-ortho nitro benzene ring substituents is 1. The van der Waals surface area contributed by atoms with Gasteiger partial charge < -0.3 is 15.5 Å². The lowest BCUT2D eigenvalue weighted by Crippen LogP contribution is -2.15. The zero-order chi connectivity index (χ0) is 18.7. The summed E-state index contributed by atoms with van der Waals surface area (Å²) in [5.41, 5.74) is 6.30. The molecule has 0 saturated heterocycles. The van der Waals surface area contributed by atoms with E-state index in [1.165, 1.54) is 30.4 Å². The second kappa shape index (κ2) is 6.89. The Morgan fingerprint density at radius 1 is 1.15 bits per heavy atom. The monoisotopic (exact) mass is 351 g/mol. The van der Waals surface area contributed by atoms with Crippen LogP contribution in [0.2, 0.25) is 0 Å². The SMILES string of the molecule is NC(=O)c1oc2ccccc2c1NC(=O)C=Cc1cccc([N+](=O)[O-])c1. The summed E-state index contributed by atoms with van der Waals surface area (Å²) in [5, 5.41) is 13.9. The van der Waals surface area contributed by atoms with E-state index >= 15 is 0 Å². The fraction of sp³-hybridized carbons (Fsp3) is 0. The Morgan fingerprint density at radius 3 is 2.65 bits per heavy atom. The lowest BCUT2D eigenvalue weighted by molar-refractivity contribution is -0.384. The second-order valence-corrected chi connectivity index (χ2v) is 5.34. The molecule has 2 aromatic carbocycles. The Labute approximate surface area is 147 Å². The molecule has 0 unspecified atom stereocenters. The van der Waals surface area contributed by atoms with Crippen LogP contribution >= 0.6 is 0 Å². The zero-order valence-electron chi connectivity index (χ0n) is 13.3. The molecule has 130 valence electrons. The third-order valence-corrected chi connectivity index (χ3v) is 3.58. The molecule has 3 aromatic rings. The van der Waals surface area contributed by atoms with Gasteiger partial charge in [0.2, 0.25) is 11.7 Å². The molecule has 0 spiro atoms. The molecule has 26 heavy (non-hydrogen) atoms. The number of nitrogens with zero attached hydrogens (tertiary/aromatic N) is 1. The van der Waals surface area contributed by atoms with E-state index in [0.717, 1.165) is 0 Å². The van der Waals surface area contributed by atoms with Gasteiger partial charge in [-0.1, -0.05) is 24.3 Å². The van der Waals surface area contributed by atoms with Crippen LogP contribution in [0, 0.1) is 10.1 Å². The molecule has 8 nitrogen and oxygen atoms in total. The minimum absolute atomic E-state index is 0.0793. The first-order valence-electron chi connectivity index (χ1n) is 7.50. The fourth-order valence-corrected chi connectivity index (χ4v) is 2.42. The zero-order valence-corrected chi connectivity index (χ0v) is 13.3. The molecule has 0 atom stereocenters. The number of nitrogens with two attached hydrogens (primary N) is 1. The highest BCUT2D eigenvalue weighted by Crippen LogP contribution is 2.30. The van der Waals surface area contributed by atoms with Crippen molar-refractivity contribution in [2.24, 2.45) is 5.73 Å². The smallest absolute Gasteiger partial charge is 0.286 e. The first-order chi connectivity index (χ1) is 12.5. The molecule has 0 aliphatic heterocycles. The van der Waals surface area contributed by atoms with Crippen LogP contribution in [0.15, 0.2) is 59.0 Å². The maximum absolute atomic E-state index is 12.2. The van der Waals surface area contributed by atoms with Crippen LogP contribution in [-0.2, 0) is 4.79 Å². The van der Waals surface area contributed by atoms with E-state index in [0.29, 0.717) is 16.5 Å². The van der Waals surface area contributed by atoms with Gasteiger partial charge >= 0.3 is 0 Å². The van der Waals surface area contributed by atoms with Gasteiger partial charge in [0.25, 0.3) is 11.6 Å². The van der Waals surface area contributed by atoms with E-state index in [1.807, 2.05) is 0 Å². The van der Waals surface area contributed by atoms with Crippen molar-refractivity contribution in [2.75, 3.05) is 5.32 Å². The van der Waals surface area contributed by atoms with Crippen molar-refractivity contribution in [1.29, 1.82) is 0 Å². The highest BCUT2D eigenvalue weighted by atomic mass is 16.6. The van der Waals surface area contributed by atoms with Crippen LogP contribution in [0.3, 0.4) is 0 Å². The molecule has 3 rings (SSSR count). The number of nitro benzene ring substituents is 1. The van der Waals surface area contributed by atoms with E-state index < -0.39 is 16.7 Å². The van der Waals surface area contributed by atoms with Crippen molar-refractivity contribution in [3.05, 3.63) is 76.0 Å². The van der Waals surface area contributed by atoms with Gasteiger partial charge in [-0.3, -0.25) is 19.7 Å². The topological polar surface area (TPSA) is 128 Å². The molecule has 1 aromatic heterocycles. The van der Waals surface area contributed by atoms with Gasteiger partial charge in [0, 0.05) is 23.6 Å². The van der Waals surface area contributed by atoms with Gasteiger partial charge in [-0.2, -0.15) is 0 Å². The van der Waals surface area contributed by atoms with E-state index in [2.05, 4.69) is 5.32 Å².